The summed E-state index contributed by atoms with van der Waals surface area (Å²) in [5.41, 5.74) is 2.53. The van der Waals surface area contributed by atoms with E-state index in [0.29, 0.717) is 13.1 Å². The first kappa shape index (κ1) is 19.9. The van der Waals surface area contributed by atoms with Gasteiger partial charge in [0.2, 0.25) is 10.0 Å². The lowest BCUT2D eigenvalue weighted by Gasteiger charge is -2.42. The number of benzene rings is 1. The molecule has 0 unspecified atom stereocenters. The Morgan fingerprint density at radius 3 is 2.26 bits per heavy atom. The predicted molar refractivity (Wildman–Crippen MR) is 98.4 cm³/mol. The van der Waals surface area contributed by atoms with Gasteiger partial charge in [0.25, 0.3) is 5.91 Å². The Morgan fingerprint density at radius 1 is 1.15 bits per heavy atom. The van der Waals surface area contributed by atoms with Gasteiger partial charge < -0.3 is 14.4 Å². The highest BCUT2D eigenvalue weighted by molar-refractivity contribution is 7.91. The van der Waals surface area contributed by atoms with Crippen molar-refractivity contribution in [2.75, 3.05) is 51.4 Å². The number of nitrogens with one attached hydrogen (secondary N) is 1. The first-order valence-corrected chi connectivity index (χ1v) is 10.3. The van der Waals surface area contributed by atoms with E-state index in [0.717, 1.165) is 11.4 Å². The molecule has 0 atom stereocenters. The van der Waals surface area contributed by atoms with Crippen molar-refractivity contribution in [3.8, 4) is 5.75 Å². The van der Waals surface area contributed by atoms with Gasteiger partial charge in [-0.15, -0.1) is 0 Å². The molecule has 0 radical (unpaired) electrons. The SMILES string of the molecule is COc1ccc(N2CCN(S(=O)(=O)C3(C(=O)NO)CCOCC3)CC2)cc1. The number of methoxy groups -OCH3 is 1. The van der Waals surface area contributed by atoms with E-state index >= 15 is 0 Å². The molecule has 0 bridgehead atoms. The molecule has 2 fully saturated rings. The summed E-state index contributed by atoms with van der Waals surface area (Å²) >= 11 is 0. The van der Waals surface area contributed by atoms with Gasteiger partial charge in [-0.2, -0.15) is 4.31 Å². The van der Waals surface area contributed by atoms with Crippen LogP contribution in [0.4, 0.5) is 5.69 Å². The lowest BCUT2D eigenvalue weighted by atomic mass is 9.98. The second-order valence-electron chi connectivity index (χ2n) is 6.64. The van der Waals surface area contributed by atoms with E-state index in [1.165, 1.54) is 4.31 Å². The molecule has 150 valence electrons. The van der Waals surface area contributed by atoms with Gasteiger partial charge in [0.05, 0.1) is 7.11 Å². The Balaban J connectivity index is 1.74. The standard InChI is InChI=1S/C17H25N3O6S/c1-25-15-4-2-14(3-5-15)19-8-10-20(11-9-19)27(23,24)17(16(21)18-22)6-12-26-13-7-17/h2-5,22H,6-13H2,1H3,(H,18,21). The third-order valence-corrected chi connectivity index (χ3v) is 7.95. The highest BCUT2D eigenvalue weighted by Crippen LogP contribution is 2.33. The van der Waals surface area contributed by atoms with Crippen LogP contribution >= 0.6 is 0 Å². The Morgan fingerprint density at radius 2 is 1.74 bits per heavy atom. The van der Waals surface area contributed by atoms with Crippen molar-refractivity contribution in [2.24, 2.45) is 0 Å². The molecule has 27 heavy (non-hydrogen) atoms. The Kier molecular flexibility index (Phi) is 5.89. The summed E-state index contributed by atoms with van der Waals surface area (Å²) < 4.78 is 36.6. The van der Waals surface area contributed by atoms with Crippen molar-refractivity contribution in [3.05, 3.63) is 24.3 Å². The number of carbonyl (C=O) groups is 1. The summed E-state index contributed by atoms with van der Waals surface area (Å²) in [7, 11) is -2.34. The maximum absolute atomic E-state index is 13.3. The van der Waals surface area contributed by atoms with E-state index in [4.69, 9.17) is 14.7 Å². The van der Waals surface area contributed by atoms with Crippen molar-refractivity contribution in [1.82, 2.24) is 9.79 Å². The molecule has 2 heterocycles. The van der Waals surface area contributed by atoms with Gasteiger partial charge >= 0.3 is 0 Å². The summed E-state index contributed by atoms with van der Waals surface area (Å²) in [5, 5.41) is 9.11. The quantitative estimate of drug-likeness (QED) is 0.538. The minimum absolute atomic E-state index is 0.0282. The molecule has 3 rings (SSSR count). The Bertz CT molecular complexity index is 753. The van der Waals surface area contributed by atoms with E-state index in [2.05, 4.69) is 4.90 Å². The van der Waals surface area contributed by atoms with Crippen molar-refractivity contribution < 1.29 is 27.9 Å². The number of hydrogen-bond acceptors (Lipinski definition) is 7. The highest BCUT2D eigenvalue weighted by Gasteiger charge is 2.54. The van der Waals surface area contributed by atoms with Crippen LogP contribution in [0.25, 0.3) is 0 Å². The molecule has 0 saturated carbocycles. The lowest BCUT2D eigenvalue weighted by molar-refractivity contribution is -0.134. The molecule has 2 saturated heterocycles. The van der Waals surface area contributed by atoms with E-state index in [9.17, 15) is 13.2 Å². The number of sulfonamides is 1. The fourth-order valence-corrected chi connectivity index (χ4v) is 5.73. The van der Waals surface area contributed by atoms with Crippen LogP contribution in [0.15, 0.2) is 24.3 Å². The van der Waals surface area contributed by atoms with Gasteiger partial charge in [-0.05, 0) is 24.3 Å². The molecule has 2 N–H and O–H groups in total. The summed E-state index contributed by atoms with van der Waals surface area (Å²) in [6.07, 6.45) is 0.0564. The van der Waals surface area contributed by atoms with Crippen LogP contribution in [0, 0.1) is 0 Å². The second kappa shape index (κ2) is 8.01. The molecular formula is C17H25N3O6S. The molecule has 0 spiro atoms. The van der Waals surface area contributed by atoms with Crippen molar-refractivity contribution in [3.63, 3.8) is 0 Å². The predicted octanol–water partition coefficient (Wildman–Crippen LogP) is 0.202. The van der Waals surface area contributed by atoms with Crippen molar-refractivity contribution in [1.29, 1.82) is 0 Å². The third kappa shape index (κ3) is 3.62. The minimum Gasteiger partial charge on any atom is -0.497 e. The maximum Gasteiger partial charge on any atom is 0.266 e. The molecule has 0 aromatic heterocycles. The zero-order valence-corrected chi connectivity index (χ0v) is 16.1. The van der Waals surface area contributed by atoms with Crippen LogP contribution in [-0.2, 0) is 19.6 Å². The zero-order chi connectivity index (χ0) is 19.5. The average Bonchev–Trinajstić information content (AvgIpc) is 2.73. The first-order valence-electron chi connectivity index (χ1n) is 8.85. The molecular weight excluding hydrogens is 374 g/mol. The van der Waals surface area contributed by atoms with Gasteiger partial charge in [0.15, 0.2) is 4.75 Å². The summed E-state index contributed by atoms with van der Waals surface area (Å²) in [6.45, 7) is 1.90. The van der Waals surface area contributed by atoms with Crippen LogP contribution < -0.4 is 15.1 Å². The molecule has 1 aromatic carbocycles. The zero-order valence-electron chi connectivity index (χ0n) is 15.3. The van der Waals surface area contributed by atoms with Crippen LogP contribution in [0.5, 0.6) is 5.75 Å². The largest absolute Gasteiger partial charge is 0.497 e. The number of ether oxygens (including phenoxy) is 2. The van der Waals surface area contributed by atoms with Crippen LogP contribution in [0.1, 0.15) is 12.8 Å². The molecule has 0 aliphatic carbocycles. The summed E-state index contributed by atoms with van der Waals surface area (Å²) in [4.78, 5) is 14.4. The van der Waals surface area contributed by atoms with Crippen LogP contribution in [0.2, 0.25) is 0 Å². The number of amides is 1. The van der Waals surface area contributed by atoms with Crippen LogP contribution in [0.3, 0.4) is 0 Å². The maximum atomic E-state index is 13.3. The fourth-order valence-electron chi connectivity index (χ4n) is 3.63. The van der Waals surface area contributed by atoms with Crippen molar-refractivity contribution >= 4 is 21.6 Å². The lowest BCUT2D eigenvalue weighted by Crippen LogP contribution is -2.62. The van der Waals surface area contributed by atoms with Crippen LogP contribution in [-0.4, -0.2) is 75.1 Å². The van der Waals surface area contributed by atoms with E-state index in [1.54, 1.807) is 12.6 Å². The van der Waals surface area contributed by atoms with Gasteiger partial charge in [-0.1, -0.05) is 0 Å². The van der Waals surface area contributed by atoms with Gasteiger partial charge in [-0.25, -0.2) is 13.9 Å². The van der Waals surface area contributed by atoms with Gasteiger partial charge in [0.1, 0.15) is 5.75 Å². The number of carbonyl (C=O) groups excluding carboxylic acids is 1. The highest BCUT2D eigenvalue weighted by atomic mass is 32.2. The third-order valence-electron chi connectivity index (χ3n) is 5.33. The molecule has 2 aliphatic heterocycles. The smallest absolute Gasteiger partial charge is 0.266 e. The summed E-state index contributed by atoms with van der Waals surface area (Å²) in [6, 6.07) is 7.59. The number of piperazine rings is 1. The molecule has 9 nitrogen and oxygen atoms in total. The fraction of sp³-hybridized carbons (Fsp3) is 0.588. The Labute approximate surface area is 158 Å². The van der Waals surface area contributed by atoms with E-state index in [1.807, 2.05) is 24.3 Å². The number of hydrogen-bond donors (Lipinski definition) is 2. The molecule has 2 aliphatic rings. The minimum atomic E-state index is -3.94. The normalized spacial score (nSPS) is 20.9. The first-order chi connectivity index (χ1) is 12.9. The monoisotopic (exact) mass is 399 g/mol. The number of nitrogens with zero attached hydrogens (tertiary/aromatic N) is 2. The van der Waals surface area contributed by atoms with E-state index < -0.39 is 20.7 Å². The topological polar surface area (TPSA) is 108 Å². The second-order valence-corrected chi connectivity index (χ2v) is 8.88. The number of rotatable bonds is 5. The van der Waals surface area contributed by atoms with Gasteiger partial charge in [-0.3, -0.25) is 10.0 Å². The molecule has 1 aromatic rings. The number of hydroxylamine groups is 1. The van der Waals surface area contributed by atoms with Gasteiger partial charge in [0, 0.05) is 57.9 Å². The van der Waals surface area contributed by atoms with Crippen molar-refractivity contribution in [2.45, 2.75) is 17.6 Å². The summed E-state index contributed by atoms with van der Waals surface area (Å²) in [5.74, 6) is -0.125. The average molecular weight is 399 g/mol. The van der Waals surface area contributed by atoms with E-state index in [-0.39, 0.29) is 39.1 Å². The molecule has 1 amide bonds. The number of anilines is 1. The Hall–Kier alpha value is -1.88. The molecule has 10 heteroatoms.